The van der Waals surface area contributed by atoms with E-state index in [2.05, 4.69) is 69.3 Å². The van der Waals surface area contributed by atoms with Gasteiger partial charge in [-0.1, -0.05) is 54.6 Å². The first-order valence-electron chi connectivity index (χ1n) is 10.9. The van der Waals surface area contributed by atoms with Crippen LogP contribution in [0, 0.1) is 11.6 Å². The van der Waals surface area contributed by atoms with Gasteiger partial charge in [0.05, 0.1) is 6.04 Å². The molecule has 31 heavy (non-hydrogen) atoms. The summed E-state index contributed by atoms with van der Waals surface area (Å²) in [6.45, 7) is 6.26. The summed E-state index contributed by atoms with van der Waals surface area (Å²) in [5.41, 5.74) is 4.74. The van der Waals surface area contributed by atoms with E-state index >= 15 is 0 Å². The maximum Gasteiger partial charge on any atom is 0.159 e. The zero-order valence-corrected chi connectivity index (χ0v) is 17.6. The third kappa shape index (κ3) is 4.48. The largest absolute Gasteiger partial charge is 0.364 e. The van der Waals surface area contributed by atoms with E-state index < -0.39 is 11.6 Å². The molecular formula is C26H27F2N3. The van der Waals surface area contributed by atoms with Gasteiger partial charge < -0.3 is 4.90 Å². The lowest BCUT2D eigenvalue weighted by Crippen LogP contribution is -2.55. The molecule has 1 atom stereocenters. The average Bonchev–Trinajstić information content (AvgIpc) is 2.93. The van der Waals surface area contributed by atoms with Gasteiger partial charge in [-0.15, -0.1) is 0 Å². The van der Waals surface area contributed by atoms with Gasteiger partial charge in [0, 0.05) is 51.5 Å². The minimum Gasteiger partial charge on any atom is -0.364 e. The molecule has 3 aromatic carbocycles. The minimum absolute atomic E-state index is 0.353. The molecule has 0 spiro atoms. The van der Waals surface area contributed by atoms with Crippen LogP contribution in [0.5, 0.6) is 0 Å². The summed E-state index contributed by atoms with van der Waals surface area (Å²) in [7, 11) is 0. The predicted molar refractivity (Wildman–Crippen MR) is 120 cm³/mol. The second-order valence-electron chi connectivity index (χ2n) is 8.61. The lowest BCUT2D eigenvalue weighted by Gasteiger charge is -2.43. The van der Waals surface area contributed by atoms with Crippen LogP contribution in [0.4, 0.5) is 14.5 Å². The van der Waals surface area contributed by atoms with Crippen LogP contribution < -0.4 is 4.90 Å². The van der Waals surface area contributed by atoms with Crippen molar-refractivity contribution in [2.75, 3.05) is 31.1 Å². The quantitative estimate of drug-likeness (QED) is 0.608. The summed E-state index contributed by atoms with van der Waals surface area (Å²) in [6, 6.07) is 23.8. The van der Waals surface area contributed by atoms with E-state index in [4.69, 9.17) is 0 Å². The molecule has 2 heterocycles. The molecule has 160 valence electrons. The Bertz CT molecular complexity index is 1040. The lowest BCUT2D eigenvalue weighted by molar-refractivity contribution is 0.172. The molecule has 0 aromatic heterocycles. The van der Waals surface area contributed by atoms with Crippen LogP contribution >= 0.6 is 0 Å². The molecule has 0 bridgehead atoms. The molecular weight excluding hydrogens is 392 g/mol. The number of hydrogen-bond acceptors (Lipinski definition) is 3. The number of halogens is 2. The van der Waals surface area contributed by atoms with E-state index in [1.54, 1.807) is 6.07 Å². The first-order valence-corrected chi connectivity index (χ1v) is 10.9. The fraction of sp³-hybridized carbons (Fsp3) is 0.308. The zero-order chi connectivity index (χ0) is 21.2. The van der Waals surface area contributed by atoms with E-state index in [0.29, 0.717) is 12.6 Å². The number of fused-ring (bicyclic) bond motifs is 3. The summed E-state index contributed by atoms with van der Waals surface area (Å²) >= 11 is 0. The second-order valence-corrected chi connectivity index (χ2v) is 8.61. The molecule has 0 saturated carbocycles. The number of benzene rings is 3. The van der Waals surface area contributed by atoms with Gasteiger partial charge in [0.1, 0.15) is 0 Å². The molecule has 0 amide bonds. The van der Waals surface area contributed by atoms with Crippen LogP contribution in [0.25, 0.3) is 0 Å². The number of nitrogens with zero attached hydrogens (tertiary/aromatic N) is 3. The van der Waals surface area contributed by atoms with Gasteiger partial charge in [-0.2, -0.15) is 0 Å². The molecule has 5 heteroatoms. The molecule has 2 aliphatic rings. The Morgan fingerprint density at radius 3 is 2.29 bits per heavy atom. The topological polar surface area (TPSA) is 9.72 Å². The van der Waals surface area contributed by atoms with Gasteiger partial charge in [-0.3, -0.25) is 9.80 Å². The summed E-state index contributed by atoms with van der Waals surface area (Å²) in [5, 5.41) is 0. The maximum absolute atomic E-state index is 13.8. The number of anilines is 1. The van der Waals surface area contributed by atoms with Gasteiger partial charge in [0.2, 0.25) is 0 Å². The highest BCUT2D eigenvalue weighted by Gasteiger charge is 2.32. The smallest absolute Gasteiger partial charge is 0.159 e. The van der Waals surface area contributed by atoms with Crippen LogP contribution in [0.2, 0.25) is 0 Å². The maximum atomic E-state index is 13.8. The molecule has 1 unspecified atom stereocenters. The van der Waals surface area contributed by atoms with Gasteiger partial charge in [-0.25, -0.2) is 8.78 Å². The molecule has 1 saturated heterocycles. The average molecular weight is 420 g/mol. The van der Waals surface area contributed by atoms with Gasteiger partial charge in [0.25, 0.3) is 0 Å². The Balaban J connectivity index is 1.38. The molecule has 0 radical (unpaired) electrons. The van der Waals surface area contributed by atoms with E-state index in [0.717, 1.165) is 44.8 Å². The standard InChI is InChI=1S/C26H27F2N3/c27-24-11-10-21(14-25(24)28)16-30-17-22-8-4-5-9-26(22)31-13-12-29(18-23(31)19-30)15-20-6-2-1-3-7-20/h1-11,14,23H,12-13,15-19H2. The van der Waals surface area contributed by atoms with E-state index in [1.165, 1.54) is 28.9 Å². The first kappa shape index (κ1) is 20.2. The van der Waals surface area contributed by atoms with Crippen molar-refractivity contribution < 1.29 is 8.78 Å². The molecule has 3 aromatic rings. The number of rotatable bonds is 4. The first-order chi connectivity index (χ1) is 15.2. The van der Waals surface area contributed by atoms with E-state index in [-0.39, 0.29) is 0 Å². The summed E-state index contributed by atoms with van der Waals surface area (Å²) in [6.07, 6.45) is 0. The van der Waals surface area contributed by atoms with Crippen molar-refractivity contribution in [3.8, 4) is 0 Å². The minimum atomic E-state index is -0.792. The SMILES string of the molecule is Fc1ccc(CN2Cc3ccccc3N3CCN(Cc4ccccc4)CC3C2)cc1F. The third-order valence-electron chi connectivity index (χ3n) is 6.37. The highest BCUT2D eigenvalue weighted by Crippen LogP contribution is 2.31. The van der Waals surface area contributed by atoms with Gasteiger partial charge >= 0.3 is 0 Å². The van der Waals surface area contributed by atoms with Crippen LogP contribution in [-0.2, 0) is 19.6 Å². The summed E-state index contributed by atoms with van der Waals surface area (Å²) in [4.78, 5) is 7.43. The Morgan fingerprint density at radius 2 is 1.45 bits per heavy atom. The van der Waals surface area contributed by atoms with Crippen LogP contribution in [0.1, 0.15) is 16.7 Å². The fourth-order valence-electron chi connectivity index (χ4n) is 4.92. The van der Waals surface area contributed by atoms with Gasteiger partial charge in [0.15, 0.2) is 11.6 Å². The van der Waals surface area contributed by atoms with Gasteiger partial charge in [-0.05, 0) is 34.9 Å². The monoisotopic (exact) mass is 419 g/mol. The van der Waals surface area contributed by atoms with Crippen molar-refractivity contribution >= 4 is 5.69 Å². The van der Waals surface area contributed by atoms with Crippen molar-refractivity contribution in [2.45, 2.75) is 25.7 Å². The predicted octanol–water partition coefficient (Wildman–Crippen LogP) is 4.67. The fourth-order valence-corrected chi connectivity index (χ4v) is 4.92. The van der Waals surface area contributed by atoms with Crippen LogP contribution in [0.3, 0.4) is 0 Å². The van der Waals surface area contributed by atoms with E-state index in [9.17, 15) is 8.78 Å². The Morgan fingerprint density at radius 1 is 0.710 bits per heavy atom. The highest BCUT2D eigenvalue weighted by molar-refractivity contribution is 5.56. The van der Waals surface area contributed by atoms with E-state index in [1.807, 2.05) is 0 Å². The Kier molecular flexibility index (Phi) is 5.70. The van der Waals surface area contributed by atoms with Crippen molar-refractivity contribution in [1.82, 2.24) is 9.80 Å². The number of piperazine rings is 1. The van der Waals surface area contributed by atoms with Crippen molar-refractivity contribution in [3.05, 3.63) is 101 Å². The highest BCUT2D eigenvalue weighted by atomic mass is 19.2. The van der Waals surface area contributed by atoms with Crippen molar-refractivity contribution in [2.24, 2.45) is 0 Å². The number of para-hydroxylation sites is 1. The number of hydrogen-bond donors (Lipinski definition) is 0. The molecule has 3 nitrogen and oxygen atoms in total. The molecule has 1 fully saturated rings. The Labute approximate surface area is 182 Å². The second kappa shape index (κ2) is 8.77. The molecule has 0 aliphatic carbocycles. The molecule has 5 rings (SSSR count). The Hall–Kier alpha value is -2.76. The van der Waals surface area contributed by atoms with Crippen LogP contribution in [-0.4, -0.2) is 42.0 Å². The summed E-state index contributed by atoms with van der Waals surface area (Å²) in [5.74, 6) is -1.57. The van der Waals surface area contributed by atoms with Crippen molar-refractivity contribution in [3.63, 3.8) is 0 Å². The van der Waals surface area contributed by atoms with Crippen molar-refractivity contribution in [1.29, 1.82) is 0 Å². The normalized spacial score (nSPS) is 19.5. The molecule has 2 aliphatic heterocycles. The zero-order valence-electron chi connectivity index (χ0n) is 17.6. The summed E-state index contributed by atoms with van der Waals surface area (Å²) < 4.78 is 27.2. The molecule has 0 N–H and O–H groups in total. The third-order valence-corrected chi connectivity index (χ3v) is 6.37. The lowest BCUT2D eigenvalue weighted by atomic mass is 10.1. The van der Waals surface area contributed by atoms with Crippen LogP contribution in [0.15, 0.2) is 72.8 Å².